The van der Waals surface area contributed by atoms with Crippen LogP contribution in [-0.4, -0.2) is 84.7 Å². The van der Waals surface area contributed by atoms with Crippen LogP contribution in [0.2, 0.25) is 0 Å². The number of carboxylic acids is 1. The van der Waals surface area contributed by atoms with Crippen molar-refractivity contribution in [2.45, 2.75) is 58.1 Å². The number of hydrogen-bond donors (Lipinski definition) is 2. The number of carbonyl (C=O) groups excluding carboxylic acids is 4. The summed E-state index contributed by atoms with van der Waals surface area (Å²) in [7, 11) is 2.84. The van der Waals surface area contributed by atoms with Crippen molar-refractivity contribution in [1.82, 2.24) is 4.90 Å². The molecule has 0 saturated carbocycles. The quantitative estimate of drug-likeness (QED) is 0.152. The summed E-state index contributed by atoms with van der Waals surface area (Å²) in [5.74, 6) is -3.77. The summed E-state index contributed by atoms with van der Waals surface area (Å²) in [5, 5.41) is 19.9. The molecule has 1 amide bonds. The van der Waals surface area contributed by atoms with Crippen molar-refractivity contribution in [3.8, 4) is 23.0 Å². The second-order valence-electron chi connectivity index (χ2n) is 11.6. The zero-order chi connectivity index (χ0) is 34.7. The van der Waals surface area contributed by atoms with Crippen LogP contribution in [0.15, 0.2) is 49.1 Å². The van der Waals surface area contributed by atoms with Crippen molar-refractivity contribution in [3.63, 3.8) is 0 Å². The maximum Gasteiger partial charge on any atom is 0.341 e. The van der Waals surface area contributed by atoms with Gasteiger partial charge in [0.15, 0.2) is 18.1 Å². The van der Waals surface area contributed by atoms with Gasteiger partial charge in [-0.3, -0.25) is 9.59 Å². The number of amides is 1. The van der Waals surface area contributed by atoms with Gasteiger partial charge < -0.3 is 38.8 Å². The zero-order valence-electron chi connectivity index (χ0n) is 27.0. The molecule has 0 aromatic heterocycles. The topological polar surface area (TPSA) is 175 Å². The first-order chi connectivity index (χ1) is 22.3. The van der Waals surface area contributed by atoms with Crippen molar-refractivity contribution in [1.29, 1.82) is 0 Å². The fourth-order valence-corrected chi connectivity index (χ4v) is 5.12. The first kappa shape index (κ1) is 36.4. The summed E-state index contributed by atoms with van der Waals surface area (Å²) in [4.78, 5) is 64.3. The summed E-state index contributed by atoms with van der Waals surface area (Å²) in [6.45, 7) is 5.48. The van der Waals surface area contributed by atoms with Crippen LogP contribution in [-0.2, 0) is 39.9 Å². The van der Waals surface area contributed by atoms with Gasteiger partial charge >= 0.3 is 17.9 Å². The first-order valence-electron chi connectivity index (χ1n) is 15.0. The third kappa shape index (κ3) is 9.47. The Morgan fingerprint density at radius 1 is 1.09 bits per heavy atom. The average molecular weight is 656 g/mol. The number of aromatic hydroxyl groups is 1. The van der Waals surface area contributed by atoms with E-state index in [1.807, 2.05) is 0 Å². The number of rotatable bonds is 16. The Balaban J connectivity index is 1.88. The summed E-state index contributed by atoms with van der Waals surface area (Å²) in [5.41, 5.74) is -0.389. The number of methoxy groups -OCH3 is 2. The maximum absolute atomic E-state index is 13.8. The van der Waals surface area contributed by atoms with Crippen molar-refractivity contribution in [3.05, 3.63) is 60.2 Å². The molecule has 1 aliphatic heterocycles. The first-order valence-corrected chi connectivity index (χ1v) is 15.0. The highest BCUT2D eigenvalue weighted by Crippen LogP contribution is 2.40. The Morgan fingerprint density at radius 2 is 1.83 bits per heavy atom. The highest BCUT2D eigenvalue weighted by Gasteiger charge is 2.42. The van der Waals surface area contributed by atoms with Crippen LogP contribution in [0.3, 0.4) is 0 Å². The number of carboxylic acid groups (broad SMARTS) is 1. The summed E-state index contributed by atoms with van der Waals surface area (Å²) in [6, 6.07) is 8.65. The fraction of sp³-hybridized carbons (Fsp3) is 0.441. The lowest BCUT2D eigenvalue weighted by Crippen LogP contribution is -2.53. The number of hydrogen-bond acceptors (Lipinski definition) is 11. The lowest BCUT2D eigenvalue weighted by Gasteiger charge is -2.36. The molecule has 0 spiro atoms. The van der Waals surface area contributed by atoms with E-state index in [1.165, 1.54) is 33.0 Å². The van der Waals surface area contributed by atoms with Gasteiger partial charge in [0.1, 0.15) is 24.5 Å². The molecule has 0 radical (unpaired) electrons. The average Bonchev–Trinajstić information content (AvgIpc) is 3.07. The summed E-state index contributed by atoms with van der Waals surface area (Å²) < 4.78 is 26.9. The van der Waals surface area contributed by atoms with Gasteiger partial charge in [-0.25, -0.2) is 14.4 Å². The van der Waals surface area contributed by atoms with E-state index in [9.17, 15) is 29.1 Å². The number of piperidine rings is 1. The van der Waals surface area contributed by atoms with Crippen molar-refractivity contribution in [2.24, 2.45) is 5.41 Å². The van der Waals surface area contributed by atoms with E-state index in [0.717, 1.165) is 6.08 Å². The number of ether oxygens (including phenoxy) is 5. The molecule has 1 unspecified atom stereocenters. The van der Waals surface area contributed by atoms with Gasteiger partial charge in [0.05, 0.1) is 19.6 Å². The van der Waals surface area contributed by atoms with E-state index in [-0.39, 0.29) is 49.7 Å². The SMILES string of the molecule is C=CC(=O)OCC(C)(C)C(=O)C(=O)N1CCCCC1C(=O)O[C@H](CCc1ccc(OC)c(OC)c1O)c1cccc(OCC(=O)O)c1. The van der Waals surface area contributed by atoms with Crippen LogP contribution in [0.25, 0.3) is 0 Å². The number of ketones is 1. The lowest BCUT2D eigenvalue weighted by molar-refractivity contribution is -0.165. The minimum absolute atomic E-state index is 0.139. The normalized spacial score (nSPS) is 15.1. The molecule has 13 heteroatoms. The van der Waals surface area contributed by atoms with Crippen molar-refractivity contribution < 1.29 is 57.9 Å². The predicted molar refractivity (Wildman–Crippen MR) is 167 cm³/mol. The Labute approximate surface area is 273 Å². The highest BCUT2D eigenvalue weighted by molar-refractivity contribution is 6.38. The molecule has 254 valence electrons. The number of benzene rings is 2. The van der Waals surface area contributed by atoms with E-state index in [0.29, 0.717) is 29.7 Å². The number of phenols is 1. The molecule has 1 aliphatic rings. The van der Waals surface area contributed by atoms with E-state index in [2.05, 4.69) is 6.58 Å². The van der Waals surface area contributed by atoms with E-state index < -0.39 is 53.8 Å². The largest absolute Gasteiger partial charge is 0.504 e. The van der Waals surface area contributed by atoms with Gasteiger partial charge in [-0.05, 0) is 75.3 Å². The number of aryl methyl sites for hydroxylation is 1. The molecule has 2 N–H and O–H groups in total. The maximum atomic E-state index is 13.8. The van der Waals surface area contributed by atoms with Crippen LogP contribution < -0.4 is 14.2 Å². The lowest BCUT2D eigenvalue weighted by atomic mass is 9.87. The van der Waals surface area contributed by atoms with E-state index >= 15 is 0 Å². The standard InChI is InChI=1S/C34H41NO12/c1-6-28(38)46-20-34(2,3)31(40)32(41)35-17-8-7-12-24(35)33(42)47-25(22-10-9-11-23(18-22)45-19-27(36)37)15-13-21-14-16-26(43-4)30(44-5)29(21)39/h6,9-11,14,16,18,24-25,39H,1,7-8,12-13,15,17,19-20H2,2-5H3,(H,36,37)/t24?,25-/m1/s1. The Hall–Kier alpha value is -5.07. The van der Waals surface area contributed by atoms with Gasteiger partial charge in [-0.15, -0.1) is 0 Å². The third-order valence-corrected chi connectivity index (χ3v) is 7.72. The van der Waals surface area contributed by atoms with Crippen LogP contribution in [0.1, 0.15) is 56.8 Å². The molecule has 0 bridgehead atoms. The molecule has 1 fully saturated rings. The molecular formula is C34H41NO12. The molecule has 2 atom stereocenters. The third-order valence-electron chi connectivity index (χ3n) is 7.72. The van der Waals surface area contributed by atoms with Crippen LogP contribution in [0.4, 0.5) is 0 Å². The zero-order valence-corrected chi connectivity index (χ0v) is 27.0. The number of esters is 2. The number of phenolic OH excluding ortho intramolecular Hbond substituents is 1. The molecule has 1 heterocycles. The summed E-state index contributed by atoms with van der Waals surface area (Å²) >= 11 is 0. The Morgan fingerprint density at radius 3 is 2.49 bits per heavy atom. The molecule has 1 saturated heterocycles. The molecule has 2 aromatic carbocycles. The number of Topliss-reactive ketones (excluding diaryl/α,β-unsaturated/α-hetero) is 1. The predicted octanol–water partition coefficient (Wildman–Crippen LogP) is 3.80. The minimum Gasteiger partial charge on any atom is -0.504 e. The molecule has 47 heavy (non-hydrogen) atoms. The number of carbonyl (C=O) groups is 5. The van der Waals surface area contributed by atoms with Crippen molar-refractivity contribution >= 4 is 29.6 Å². The molecule has 2 aromatic rings. The van der Waals surface area contributed by atoms with Gasteiger partial charge in [0.2, 0.25) is 11.5 Å². The smallest absolute Gasteiger partial charge is 0.341 e. The number of nitrogens with zero attached hydrogens (tertiary/aromatic N) is 1. The van der Waals surface area contributed by atoms with Crippen LogP contribution >= 0.6 is 0 Å². The molecule has 13 nitrogen and oxygen atoms in total. The van der Waals surface area contributed by atoms with Crippen molar-refractivity contribution in [2.75, 3.05) is 34.0 Å². The number of aliphatic carboxylic acids is 1. The van der Waals surface area contributed by atoms with Gasteiger partial charge in [-0.1, -0.05) is 24.8 Å². The monoisotopic (exact) mass is 655 g/mol. The molecular weight excluding hydrogens is 614 g/mol. The Kier molecular flexibility index (Phi) is 12.8. The Bertz CT molecular complexity index is 1480. The van der Waals surface area contributed by atoms with Crippen LogP contribution in [0, 0.1) is 5.41 Å². The van der Waals surface area contributed by atoms with Crippen LogP contribution in [0.5, 0.6) is 23.0 Å². The van der Waals surface area contributed by atoms with E-state index in [4.69, 9.17) is 28.8 Å². The minimum atomic E-state index is -1.36. The van der Waals surface area contributed by atoms with Gasteiger partial charge in [0.25, 0.3) is 5.91 Å². The highest BCUT2D eigenvalue weighted by atomic mass is 16.5. The fourth-order valence-electron chi connectivity index (χ4n) is 5.12. The second kappa shape index (κ2) is 16.5. The van der Waals surface area contributed by atoms with Gasteiger partial charge in [-0.2, -0.15) is 0 Å². The molecule has 3 rings (SSSR count). The summed E-state index contributed by atoms with van der Waals surface area (Å²) in [6.07, 6.45) is 1.85. The molecule has 0 aliphatic carbocycles. The second-order valence-corrected chi connectivity index (χ2v) is 11.6. The number of likely N-dealkylation sites (tertiary alicyclic amines) is 1. The van der Waals surface area contributed by atoms with Gasteiger partial charge in [0, 0.05) is 12.6 Å². The van der Waals surface area contributed by atoms with E-state index in [1.54, 1.807) is 36.4 Å².